The Labute approximate surface area is 294 Å². The van der Waals surface area contributed by atoms with Crippen LogP contribution in [0.1, 0.15) is 46.0 Å². The molecule has 5 aromatic rings. The fourth-order valence-electron chi connectivity index (χ4n) is 5.69. The Morgan fingerprint density at radius 3 is 2.63 bits per heavy atom. The maximum absolute atomic E-state index is 13.2. The van der Waals surface area contributed by atoms with Gasteiger partial charge in [0, 0.05) is 58.5 Å². The first-order valence-corrected chi connectivity index (χ1v) is 16.6. The van der Waals surface area contributed by atoms with E-state index in [1.54, 1.807) is 54.1 Å². The van der Waals surface area contributed by atoms with Crippen molar-refractivity contribution in [3.8, 4) is 11.4 Å². The van der Waals surface area contributed by atoms with Gasteiger partial charge in [-0.1, -0.05) is 41.4 Å². The number of carbonyl (C=O) groups excluding carboxylic acids is 2. The van der Waals surface area contributed by atoms with Crippen LogP contribution < -0.4 is 15.4 Å². The van der Waals surface area contributed by atoms with Crippen molar-refractivity contribution >= 4 is 57.6 Å². The van der Waals surface area contributed by atoms with Gasteiger partial charge in [0.1, 0.15) is 29.6 Å². The summed E-state index contributed by atoms with van der Waals surface area (Å²) in [5.41, 5.74) is 11.7. The lowest BCUT2D eigenvalue weighted by Gasteiger charge is -2.30. The predicted molar refractivity (Wildman–Crippen MR) is 191 cm³/mol. The number of hydrogen-bond donors (Lipinski definition) is 1. The van der Waals surface area contributed by atoms with Crippen LogP contribution in [0.2, 0.25) is 10.0 Å². The molecule has 1 saturated heterocycles. The van der Waals surface area contributed by atoms with Crippen LogP contribution in [0.15, 0.2) is 79.1 Å². The normalized spacial score (nSPS) is 13.9. The molecule has 252 valence electrons. The summed E-state index contributed by atoms with van der Waals surface area (Å²) < 4.78 is 18.6. The number of aromatic nitrogens is 3. The van der Waals surface area contributed by atoms with Crippen LogP contribution in [0, 0.1) is 6.92 Å². The number of nitrogens with two attached hydrogens (primary N) is 1. The monoisotopic (exact) mass is 699 g/mol. The summed E-state index contributed by atoms with van der Waals surface area (Å²) in [6, 6.07) is 17.3. The van der Waals surface area contributed by atoms with E-state index in [0.717, 1.165) is 35.4 Å². The Kier molecular flexibility index (Phi) is 10.6. The predicted octanol–water partition coefficient (Wildman–Crippen LogP) is 6.91. The summed E-state index contributed by atoms with van der Waals surface area (Å²) in [5, 5.41) is 1.80. The highest BCUT2D eigenvalue weighted by Crippen LogP contribution is 2.36. The fraction of sp³-hybridized carbons (Fsp3) is 0.243. The molecule has 1 aliphatic rings. The van der Waals surface area contributed by atoms with E-state index in [4.69, 9.17) is 48.1 Å². The van der Waals surface area contributed by atoms with Crippen molar-refractivity contribution in [3.05, 3.63) is 117 Å². The van der Waals surface area contributed by atoms with E-state index in [0.29, 0.717) is 51.5 Å². The number of hydrogen-bond acceptors (Lipinski definition) is 9. The summed E-state index contributed by atoms with van der Waals surface area (Å²) in [7, 11) is 0. The molecule has 2 aromatic carbocycles. The van der Waals surface area contributed by atoms with E-state index >= 15 is 0 Å². The molecule has 0 spiro atoms. The van der Waals surface area contributed by atoms with Crippen LogP contribution in [0.25, 0.3) is 22.7 Å². The number of esters is 1. The number of ketones is 1. The third-order valence-electron chi connectivity index (χ3n) is 8.17. The van der Waals surface area contributed by atoms with Gasteiger partial charge in [-0.25, -0.2) is 14.8 Å². The van der Waals surface area contributed by atoms with Gasteiger partial charge in [-0.05, 0) is 74.0 Å². The highest BCUT2D eigenvalue weighted by Gasteiger charge is 2.22. The van der Waals surface area contributed by atoms with Crippen molar-refractivity contribution in [1.82, 2.24) is 14.5 Å². The molecule has 6 rings (SSSR count). The van der Waals surface area contributed by atoms with Gasteiger partial charge in [-0.3, -0.25) is 4.79 Å². The molecule has 1 unspecified atom stereocenters. The van der Waals surface area contributed by atoms with Gasteiger partial charge < -0.3 is 29.4 Å². The van der Waals surface area contributed by atoms with E-state index in [9.17, 15) is 9.59 Å². The molecule has 4 heterocycles. The number of carbonyl (C=O) groups is 2. The number of anilines is 1. The van der Waals surface area contributed by atoms with Crippen LogP contribution in [-0.4, -0.2) is 59.2 Å². The molecule has 49 heavy (non-hydrogen) atoms. The molecule has 0 amide bonds. The minimum absolute atomic E-state index is 0.0838. The average Bonchev–Trinajstić information content (AvgIpc) is 3.60. The molecular weight excluding hydrogens is 665 g/mol. The van der Waals surface area contributed by atoms with E-state index in [2.05, 4.69) is 16.0 Å². The number of fused-ring (bicyclic) bond motifs is 1. The molecular formula is C37H35Cl2N5O5. The van der Waals surface area contributed by atoms with Crippen molar-refractivity contribution in [2.75, 3.05) is 37.8 Å². The Balaban J connectivity index is 1.21. The first kappa shape index (κ1) is 34.1. The van der Waals surface area contributed by atoms with Gasteiger partial charge in [0.05, 0.1) is 30.5 Å². The van der Waals surface area contributed by atoms with Crippen LogP contribution in [0.4, 0.5) is 5.69 Å². The number of aryl methyl sites for hydroxylation is 1. The van der Waals surface area contributed by atoms with Crippen LogP contribution >= 0.6 is 23.2 Å². The number of rotatable bonds is 11. The first-order valence-electron chi connectivity index (χ1n) is 15.9. The second kappa shape index (κ2) is 15.2. The number of para-hydroxylation sites is 1. The number of ether oxygens (including phenoxy) is 3. The smallest absolute Gasteiger partial charge is 0.356 e. The minimum atomic E-state index is -0.991. The summed E-state index contributed by atoms with van der Waals surface area (Å²) in [5.74, 6) is -0.232. The molecule has 1 fully saturated rings. The summed E-state index contributed by atoms with van der Waals surface area (Å²) in [6.07, 6.45) is 6.25. The van der Waals surface area contributed by atoms with Gasteiger partial charge in [-0.15, -0.1) is 0 Å². The van der Waals surface area contributed by atoms with E-state index in [-0.39, 0.29) is 24.7 Å². The first-order chi connectivity index (χ1) is 23.7. The zero-order valence-electron chi connectivity index (χ0n) is 27.1. The maximum Gasteiger partial charge on any atom is 0.356 e. The SMILES string of the molecule is CCOC(=O)c1ccc(/C=C/C(=O)C(N)c2cccn2-c2ccc(Cl)c(COc3cccc4c(N5CCOCC5)cc(C)nc34)c2Cl)cn1. The van der Waals surface area contributed by atoms with Crippen LogP contribution in [0.3, 0.4) is 0 Å². The maximum atomic E-state index is 13.2. The van der Waals surface area contributed by atoms with Crippen molar-refractivity contribution in [3.63, 3.8) is 0 Å². The number of morpholine rings is 1. The molecule has 3 aromatic heterocycles. The third kappa shape index (κ3) is 7.47. The lowest BCUT2D eigenvalue weighted by atomic mass is 10.1. The summed E-state index contributed by atoms with van der Waals surface area (Å²) >= 11 is 13.7. The van der Waals surface area contributed by atoms with E-state index in [1.807, 2.05) is 25.1 Å². The zero-order valence-corrected chi connectivity index (χ0v) is 28.6. The highest BCUT2D eigenvalue weighted by atomic mass is 35.5. The Morgan fingerprint density at radius 1 is 1.06 bits per heavy atom. The lowest BCUT2D eigenvalue weighted by molar-refractivity contribution is -0.115. The van der Waals surface area contributed by atoms with E-state index < -0.39 is 12.0 Å². The van der Waals surface area contributed by atoms with Crippen molar-refractivity contribution < 1.29 is 23.8 Å². The molecule has 0 saturated carbocycles. The molecule has 0 aliphatic carbocycles. The quantitative estimate of drug-likeness (QED) is 0.116. The summed E-state index contributed by atoms with van der Waals surface area (Å²) in [4.78, 5) is 36.3. The van der Waals surface area contributed by atoms with Crippen molar-refractivity contribution in [1.29, 1.82) is 0 Å². The van der Waals surface area contributed by atoms with E-state index in [1.165, 1.54) is 18.3 Å². The Hall–Kier alpha value is -4.74. The molecule has 0 radical (unpaired) electrons. The zero-order chi connectivity index (χ0) is 34.5. The van der Waals surface area contributed by atoms with Crippen molar-refractivity contribution in [2.24, 2.45) is 5.73 Å². The topological polar surface area (TPSA) is 122 Å². The third-order valence-corrected chi connectivity index (χ3v) is 8.95. The molecule has 2 N–H and O–H groups in total. The number of halogens is 2. The molecule has 1 aliphatic heterocycles. The fourth-order valence-corrected chi connectivity index (χ4v) is 6.26. The van der Waals surface area contributed by atoms with Gasteiger partial charge >= 0.3 is 5.97 Å². The van der Waals surface area contributed by atoms with Gasteiger partial charge in [0.25, 0.3) is 0 Å². The van der Waals surface area contributed by atoms with Gasteiger partial charge in [0.15, 0.2) is 5.78 Å². The highest BCUT2D eigenvalue weighted by molar-refractivity contribution is 6.37. The number of benzene rings is 2. The average molecular weight is 701 g/mol. The second-order valence-electron chi connectivity index (χ2n) is 11.4. The Morgan fingerprint density at radius 2 is 1.88 bits per heavy atom. The molecule has 12 heteroatoms. The van der Waals surface area contributed by atoms with Crippen molar-refractivity contribution in [2.45, 2.75) is 26.5 Å². The largest absolute Gasteiger partial charge is 0.487 e. The standard InChI is InChI=1S/C37H35Cl2N5O5/c1-3-48-37(46)28-12-9-24(21-41-28)10-14-32(45)35(40)30-7-5-15-44(30)29-13-11-27(38)26(34(29)39)22-49-33-8-4-6-25-31(20-23(2)42-36(25)33)43-16-18-47-19-17-43/h4-15,20-21,35H,3,16-19,22,40H2,1-2H3/b14-10+. The number of nitrogens with zero attached hydrogens (tertiary/aromatic N) is 4. The van der Waals surface area contributed by atoms with Gasteiger partial charge in [-0.2, -0.15) is 0 Å². The molecule has 0 bridgehead atoms. The number of pyridine rings is 2. The second-order valence-corrected chi connectivity index (χ2v) is 12.2. The van der Waals surface area contributed by atoms with Gasteiger partial charge in [0.2, 0.25) is 0 Å². The summed E-state index contributed by atoms with van der Waals surface area (Å²) in [6.45, 7) is 7.00. The molecule has 1 atom stereocenters. The lowest BCUT2D eigenvalue weighted by Crippen LogP contribution is -2.36. The molecule has 10 nitrogen and oxygen atoms in total. The van der Waals surface area contributed by atoms with Crippen LogP contribution in [0.5, 0.6) is 5.75 Å². The Bertz CT molecular complexity index is 2020. The minimum Gasteiger partial charge on any atom is -0.487 e. The van der Waals surface area contributed by atoms with Crippen LogP contribution in [-0.2, 0) is 20.9 Å².